The Bertz CT molecular complexity index is 1450. The highest BCUT2D eigenvalue weighted by Crippen LogP contribution is 2.32. The minimum absolute atomic E-state index is 0.0321. The number of nitrogens with zero attached hydrogens (tertiary/aromatic N) is 1. The number of amides is 5. The van der Waals surface area contributed by atoms with Crippen LogP contribution in [0.5, 0.6) is 11.5 Å². The van der Waals surface area contributed by atoms with Gasteiger partial charge >= 0.3 is 11.9 Å². The van der Waals surface area contributed by atoms with Crippen molar-refractivity contribution in [3.8, 4) is 11.5 Å². The van der Waals surface area contributed by atoms with E-state index in [4.69, 9.17) is 28.0 Å². The van der Waals surface area contributed by atoms with Crippen molar-refractivity contribution in [1.29, 1.82) is 0 Å². The maximum absolute atomic E-state index is 13.6. The number of carboxylic acid groups (broad SMARTS) is 2. The lowest BCUT2D eigenvalue weighted by molar-refractivity contribution is -0.147. The number of hydrogen-bond acceptors (Lipinski definition) is 11. The third-order valence-electron chi connectivity index (χ3n) is 7.24. The van der Waals surface area contributed by atoms with Gasteiger partial charge in [-0.25, -0.2) is 9.79 Å². The maximum Gasteiger partial charge on any atom is 0.326 e. The van der Waals surface area contributed by atoms with Crippen molar-refractivity contribution >= 4 is 47.4 Å². The molecule has 5 amide bonds. The van der Waals surface area contributed by atoms with Crippen LogP contribution in [0, 0.1) is 12.3 Å². The maximum atomic E-state index is 13.6. The highest BCUT2D eigenvalue weighted by atomic mass is 16.4. The van der Waals surface area contributed by atoms with Gasteiger partial charge in [0.2, 0.25) is 29.5 Å². The van der Waals surface area contributed by atoms with Gasteiger partial charge in [-0.3, -0.25) is 28.8 Å². The van der Waals surface area contributed by atoms with Crippen LogP contribution in [-0.2, 0) is 33.6 Å². The molecule has 0 fully saturated rings. The third kappa shape index (κ3) is 13.5. The Morgan fingerprint density at radius 1 is 0.760 bits per heavy atom. The van der Waals surface area contributed by atoms with Crippen LogP contribution < -0.4 is 44.2 Å². The first-order chi connectivity index (χ1) is 23.1. The Kier molecular flexibility index (Phi) is 15.9. The standard InChI is InChI=1S/C30H47N9O11/c1-13-18(40)9-14(10-19(13)41)22(38-29(33)34)26(47)36-16(11-20(32)42)25(46)39-23(30(2,3)4)27(48)35-15(7-5-6-8-31)24(45)37-17(28(49)50)12-21(43)44/h9-10,15-17,22-23,40-41H,5-8,11-12,31H2,1-4H3,(H2,32,42)(H,35,48)(H,36,47)(H,37,45)(H,39,46)(H,43,44)(H,49,50)(H4,33,34,38)/t15-,16-,17-,22?,23+/m0/s1. The minimum Gasteiger partial charge on any atom is -0.508 e. The molecule has 1 rings (SSSR count). The number of aliphatic imine (C=N–C) groups is 1. The number of aliphatic carboxylic acids is 2. The molecule has 0 spiro atoms. The SMILES string of the molecule is Cc1c(O)cc(C(N=C(N)N)C(=O)N[C@@H](CC(N)=O)C(=O)N[C@H](C(=O)N[C@@H](CCCCN)C(=O)N[C@@H](CC(=O)O)C(=O)O)C(C)(C)C)cc1O. The Morgan fingerprint density at radius 2 is 1.28 bits per heavy atom. The van der Waals surface area contributed by atoms with Gasteiger partial charge in [-0.15, -0.1) is 0 Å². The molecule has 20 nitrogen and oxygen atoms in total. The normalized spacial score (nSPS) is 14.1. The third-order valence-corrected chi connectivity index (χ3v) is 7.24. The average molecular weight is 710 g/mol. The van der Waals surface area contributed by atoms with E-state index in [0.29, 0.717) is 12.8 Å². The monoisotopic (exact) mass is 709 g/mol. The van der Waals surface area contributed by atoms with Gasteiger partial charge < -0.3 is 64.6 Å². The zero-order valence-corrected chi connectivity index (χ0v) is 28.2. The van der Waals surface area contributed by atoms with Gasteiger partial charge in [0.05, 0.1) is 12.8 Å². The number of aromatic hydroxyl groups is 2. The summed E-state index contributed by atoms with van der Waals surface area (Å²) in [5, 5.41) is 48.0. The second-order valence-corrected chi connectivity index (χ2v) is 12.5. The molecule has 1 aromatic rings. The first kappa shape index (κ1) is 42.4. The Hall–Kier alpha value is -5.66. The molecule has 0 heterocycles. The summed E-state index contributed by atoms with van der Waals surface area (Å²) in [6.07, 6.45) is -1.00. The second kappa shape index (κ2) is 18.8. The number of unbranched alkanes of at least 4 members (excludes halogenated alkanes) is 1. The van der Waals surface area contributed by atoms with E-state index in [1.54, 1.807) is 20.8 Å². The van der Waals surface area contributed by atoms with Crippen molar-refractivity contribution in [1.82, 2.24) is 21.3 Å². The first-order valence-corrected chi connectivity index (χ1v) is 15.3. The number of carboxylic acids is 2. The van der Waals surface area contributed by atoms with Crippen LogP contribution >= 0.6 is 0 Å². The van der Waals surface area contributed by atoms with Gasteiger partial charge in [0.25, 0.3) is 0 Å². The zero-order valence-electron chi connectivity index (χ0n) is 28.2. The number of phenolic OH excluding ortho intramolecular Hbond substituents is 2. The molecule has 0 aromatic heterocycles. The summed E-state index contributed by atoms with van der Waals surface area (Å²) in [7, 11) is 0. The first-order valence-electron chi connectivity index (χ1n) is 15.3. The molecular weight excluding hydrogens is 662 g/mol. The van der Waals surface area contributed by atoms with Crippen LogP contribution in [0.3, 0.4) is 0 Å². The quantitative estimate of drug-likeness (QED) is 0.0394. The molecule has 0 bridgehead atoms. The molecule has 0 aliphatic carbocycles. The second-order valence-electron chi connectivity index (χ2n) is 12.5. The van der Waals surface area contributed by atoms with E-state index in [9.17, 15) is 48.9 Å². The fraction of sp³-hybridized carbons (Fsp3) is 0.533. The summed E-state index contributed by atoms with van der Waals surface area (Å²) in [6.45, 7) is 6.31. The number of nitrogens with two attached hydrogens (primary N) is 4. The summed E-state index contributed by atoms with van der Waals surface area (Å²) in [6, 6.07) is -5.76. The molecule has 20 heteroatoms. The van der Waals surface area contributed by atoms with Crippen LogP contribution in [0.2, 0.25) is 0 Å². The van der Waals surface area contributed by atoms with Crippen LogP contribution in [0.4, 0.5) is 0 Å². The number of rotatable bonds is 19. The van der Waals surface area contributed by atoms with E-state index < -0.39 is 107 Å². The predicted octanol–water partition coefficient (Wildman–Crippen LogP) is -2.73. The van der Waals surface area contributed by atoms with Crippen molar-refractivity contribution in [2.75, 3.05) is 6.54 Å². The topological polar surface area (TPSA) is 365 Å². The molecule has 0 saturated heterocycles. The Labute approximate surface area is 287 Å². The van der Waals surface area contributed by atoms with Crippen LogP contribution in [0.1, 0.15) is 70.0 Å². The van der Waals surface area contributed by atoms with Gasteiger partial charge in [0, 0.05) is 5.56 Å². The lowest BCUT2D eigenvalue weighted by Crippen LogP contribution is -2.61. The number of carbonyl (C=O) groups excluding carboxylic acids is 5. The van der Waals surface area contributed by atoms with Crippen molar-refractivity contribution in [2.24, 2.45) is 33.3 Å². The summed E-state index contributed by atoms with van der Waals surface area (Å²) in [5.41, 5.74) is 20.8. The fourth-order valence-electron chi connectivity index (χ4n) is 4.54. The summed E-state index contributed by atoms with van der Waals surface area (Å²) in [4.78, 5) is 92.1. The van der Waals surface area contributed by atoms with E-state index >= 15 is 0 Å². The molecule has 1 aromatic carbocycles. The van der Waals surface area contributed by atoms with Gasteiger partial charge in [0.1, 0.15) is 35.7 Å². The Balaban J connectivity index is 3.40. The molecule has 0 aliphatic heterocycles. The smallest absolute Gasteiger partial charge is 0.326 e. The van der Waals surface area contributed by atoms with E-state index in [2.05, 4.69) is 26.3 Å². The van der Waals surface area contributed by atoms with Crippen LogP contribution in [-0.4, -0.2) is 98.6 Å². The van der Waals surface area contributed by atoms with E-state index in [1.165, 1.54) is 6.92 Å². The van der Waals surface area contributed by atoms with E-state index in [0.717, 1.165) is 12.1 Å². The van der Waals surface area contributed by atoms with Crippen molar-refractivity contribution in [2.45, 2.75) is 90.0 Å². The number of phenols is 2. The average Bonchev–Trinajstić information content (AvgIpc) is 2.98. The lowest BCUT2D eigenvalue weighted by Gasteiger charge is -2.33. The van der Waals surface area contributed by atoms with Gasteiger partial charge in [0.15, 0.2) is 12.0 Å². The number of primary amides is 1. The predicted molar refractivity (Wildman–Crippen MR) is 177 cm³/mol. The lowest BCUT2D eigenvalue weighted by atomic mass is 9.85. The molecule has 5 atom stereocenters. The number of benzene rings is 1. The van der Waals surface area contributed by atoms with Crippen LogP contribution in [0.15, 0.2) is 17.1 Å². The fourth-order valence-corrected chi connectivity index (χ4v) is 4.54. The van der Waals surface area contributed by atoms with Gasteiger partial charge in [-0.2, -0.15) is 0 Å². The van der Waals surface area contributed by atoms with E-state index in [-0.39, 0.29) is 24.1 Å². The number of carbonyl (C=O) groups is 7. The molecule has 16 N–H and O–H groups in total. The van der Waals surface area contributed by atoms with Crippen LogP contribution in [0.25, 0.3) is 0 Å². The Morgan fingerprint density at radius 3 is 1.74 bits per heavy atom. The summed E-state index contributed by atoms with van der Waals surface area (Å²) in [5.74, 6) is -9.56. The highest BCUT2D eigenvalue weighted by Gasteiger charge is 2.38. The summed E-state index contributed by atoms with van der Waals surface area (Å²) >= 11 is 0. The zero-order chi connectivity index (χ0) is 38.5. The molecular formula is C30H47N9O11. The van der Waals surface area contributed by atoms with Gasteiger partial charge in [-0.1, -0.05) is 20.8 Å². The number of nitrogens with one attached hydrogen (secondary N) is 4. The van der Waals surface area contributed by atoms with Crippen molar-refractivity contribution in [3.05, 3.63) is 23.3 Å². The van der Waals surface area contributed by atoms with E-state index in [1.807, 2.05) is 0 Å². The summed E-state index contributed by atoms with van der Waals surface area (Å²) < 4.78 is 0. The molecule has 0 aliphatic rings. The molecule has 0 radical (unpaired) electrons. The molecule has 0 saturated carbocycles. The molecule has 50 heavy (non-hydrogen) atoms. The number of hydrogen-bond donors (Lipinski definition) is 12. The number of guanidine groups is 1. The van der Waals surface area contributed by atoms with Gasteiger partial charge in [-0.05, 0) is 55.8 Å². The highest BCUT2D eigenvalue weighted by molar-refractivity contribution is 5.98. The minimum atomic E-state index is -1.80. The molecule has 278 valence electrons. The van der Waals surface area contributed by atoms with Crippen molar-refractivity contribution < 1.29 is 54.0 Å². The van der Waals surface area contributed by atoms with Crippen molar-refractivity contribution in [3.63, 3.8) is 0 Å². The molecule has 1 unspecified atom stereocenters. The largest absolute Gasteiger partial charge is 0.508 e.